The average Bonchev–Trinajstić information content (AvgIpc) is 2.93. The van der Waals surface area contributed by atoms with Crippen molar-refractivity contribution in [2.45, 2.75) is 77.4 Å². The lowest BCUT2D eigenvalue weighted by molar-refractivity contribution is -0.141. The van der Waals surface area contributed by atoms with Crippen molar-refractivity contribution >= 4 is 11.8 Å². The molecule has 144 valence electrons. The minimum atomic E-state index is -0.884. The van der Waals surface area contributed by atoms with Crippen molar-refractivity contribution in [3.8, 4) is 0 Å². The smallest absolute Gasteiger partial charge is 0.306 e. The van der Waals surface area contributed by atoms with Gasteiger partial charge in [0, 0.05) is 24.3 Å². The van der Waals surface area contributed by atoms with Crippen LogP contribution in [0.4, 0.5) is 0 Å². The molecule has 1 heterocycles. The van der Waals surface area contributed by atoms with Crippen molar-refractivity contribution < 1.29 is 24.5 Å². The zero-order chi connectivity index (χ0) is 19.1. The number of rotatable bonds is 6. The molecule has 0 aromatic heterocycles. The molecule has 0 bridgehead atoms. The lowest BCUT2D eigenvalue weighted by Crippen LogP contribution is -2.43. The molecule has 5 unspecified atom stereocenters. The zero-order valence-corrected chi connectivity index (χ0v) is 16.0. The second-order valence-electron chi connectivity index (χ2n) is 8.47. The van der Waals surface area contributed by atoms with E-state index in [1.807, 2.05) is 0 Å². The van der Waals surface area contributed by atoms with Gasteiger partial charge in [0.1, 0.15) is 17.5 Å². The number of carboxylic acid groups (broad SMARTS) is 1. The Morgan fingerprint density at radius 1 is 1.38 bits per heavy atom. The number of fused-ring (bicyclic) bond motifs is 1. The van der Waals surface area contributed by atoms with Crippen molar-refractivity contribution in [3.63, 3.8) is 0 Å². The van der Waals surface area contributed by atoms with Gasteiger partial charge in [0.15, 0.2) is 5.78 Å². The molecule has 0 spiro atoms. The second-order valence-corrected chi connectivity index (χ2v) is 8.47. The number of aliphatic hydroxyl groups is 1. The Balaban J connectivity index is 1.67. The van der Waals surface area contributed by atoms with Crippen molar-refractivity contribution in [1.29, 1.82) is 0 Å². The van der Waals surface area contributed by atoms with Crippen LogP contribution in [-0.2, 0) is 14.3 Å². The molecule has 0 aromatic carbocycles. The molecule has 1 aliphatic heterocycles. The van der Waals surface area contributed by atoms with Gasteiger partial charge in [0.2, 0.25) is 0 Å². The molecule has 5 atom stereocenters. The van der Waals surface area contributed by atoms with E-state index in [0.29, 0.717) is 37.2 Å². The Kier molecular flexibility index (Phi) is 5.29. The number of aliphatic carboxylic acids is 1. The van der Waals surface area contributed by atoms with Crippen molar-refractivity contribution in [2.75, 3.05) is 0 Å². The highest BCUT2D eigenvalue weighted by Gasteiger charge is 2.49. The summed E-state index contributed by atoms with van der Waals surface area (Å²) in [6.45, 7) is 6.06. The first kappa shape index (κ1) is 19.2. The fraction of sp³-hybridized carbons (Fsp3) is 0.714. The van der Waals surface area contributed by atoms with Crippen LogP contribution in [0, 0.1) is 17.8 Å². The summed E-state index contributed by atoms with van der Waals surface area (Å²) < 4.78 is 6.29. The number of Topliss-reactive ketones (excluding diaryl/α,β-unsaturated/α-hetero) is 1. The van der Waals surface area contributed by atoms with Crippen LogP contribution < -0.4 is 0 Å². The molecule has 5 heteroatoms. The average molecular weight is 362 g/mol. The molecule has 3 rings (SSSR count). The Morgan fingerprint density at radius 3 is 2.81 bits per heavy atom. The highest BCUT2D eigenvalue weighted by molar-refractivity contribution is 6.00. The van der Waals surface area contributed by atoms with Gasteiger partial charge in [0.25, 0.3) is 0 Å². The third-order valence-corrected chi connectivity index (χ3v) is 6.49. The van der Waals surface area contributed by atoms with Crippen LogP contribution in [0.3, 0.4) is 0 Å². The predicted octanol–water partition coefficient (Wildman–Crippen LogP) is 3.62. The van der Waals surface area contributed by atoms with E-state index in [1.165, 1.54) is 5.57 Å². The molecule has 2 aliphatic carbocycles. The van der Waals surface area contributed by atoms with Gasteiger partial charge < -0.3 is 14.9 Å². The highest BCUT2D eigenvalue weighted by atomic mass is 16.5. The van der Waals surface area contributed by atoms with Gasteiger partial charge in [-0.25, -0.2) is 0 Å². The summed E-state index contributed by atoms with van der Waals surface area (Å²) in [7, 11) is 0. The molecule has 0 saturated heterocycles. The monoisotopic (exact) mass is 362 g/mol. The maximum atomic E-state index is 12.4. The van der Waals surface area contributed by atoms with Crippen LogP contribution in [-0.4, -0.2) is 33.7 Å². The second kappa shape index (κ2) is 7.18. The first-order valence-corrected chi connectivity index (χ1v) is 9.79. The minimum absolute atomic E-state index is 0.164. The van der Waals surface area contributed by atoms with Gasteiger partial charge in [-0.2, -0.15) is 0 Å². The number of aliphatic hydroxyl groups excluding tert-OH is 1. The molecule has 0 saturated carbocycles. The predicted molar refractivity (Wildman–Crippen MR) is 97.4 cm³/mol. The number of ketones is 1. The topological polar surface area (TPSA) is 83.8 Å². The summed E-state index contributed by atoms with van der Waals surface area (Å²) in [4.78, 5) is 23.3. The Bertz CT molecular complexity index is 661. The van der Waals surface area contributed by atoms with Gasteiger partial charge in [-0.3, -0.25) is 9.59 Å². The van der Waals surface area contributed by atoms with Crippen LogP contribution >= 0.6 is 0 Å². The summed E-state index contributed by atoms with van der Waals surface area (Å²) >= 11 is 0. The molecule has 0 radical (unpaired) electrons. The van der Waals surface area contributed by atoms with Crippen molar-refractivity contribution in [1.82, 2.24) is 0 Å². The summed E-state index contributed by atoms with van der Waals surface area (Å²) in [5, 5.41) is 18.9. The van der Waals surface area contributed by atoms with Crippen molar-refractivity contribution in [2.24, 2.45) is 17.8 Å². The van der Waals surface area contributed by atoms with E-state index < -0.39 is 12.1 Å². The third-order valence-electron chi connectivity index (χ3n) is 6.49. The van der Waals surface area contributed by atoms with Gasteiger partial charge in [-0.15, -0.1) is 0 Å². The summed E-state index contributed by atoms with van der Waals surface area (Å²) in [5.41, 5.74) is 1.72. The number of carboxylic acids is 1. The number of carbonyl (C=O) groups is 2. The SMILES string of the molecule is CC(CCCC(C)C1=CCC2(C)OC3=C(CC12)C(=O)C(O)CC3)C(=O)O. The zero-order valence-electron chi connectivity index (χ0n) is 16.0. The van der Waals surface area contributed by atoms with E-state index in [-0.39, 0.29) is 23.2 Å². The lowest BCUT2D eigenvalue weighted by atomic mass is 9.73. The third kappa shape index (κ3) is 3.46. The Morgan fingerprint density at radius 2 is 2.12 bits per heavy atom. The fourth-order valence-electron chi connectivity index (χ4n) is 4.67. The van der Waals surface area contributed by atoms with Crippen molar-refractivity contribution in [3.05, 3.63) is 23.0 Å². The molecular weight excluding hydrogens is 332 g/mol. The first-order chi connectivity index (χ1) is 12.2. The largest absolute Gasteiger partial charge is 0.491 e. The highest BCUT2D eigenvalue weighted by Crippen LogP contribution is 2.51. The number of carbonyl (C=O) groups excluding carboxylic acids is 1. The van der Waals surface area contributed by atoms with E-state index in [4.69, 9.17) is 9.84 Å². The molecule has 26 heavy (non-hydrogen) atoms. The van der Waals surface area contributed by atoms with Crippen LogP contribution in [0.1, 0.15) is 65.7 Å². The number of hydrogen-bond acceptors (Lipinski definition) is 4. The lowest BCUT2D eigenvalue weighted by Gasteiger charge is -2.43. The van der Waals surface area contributed by atoms with E-state index in [1.54, 1.807) is 6.92 Å². The molecule has 0 amide bonds. The van der Waals surface area contributed by atoms with Gasteiger partial charge in [-0.1, -0.05) is 31.9 Å². The van der Waals surface area contributed by atoms with Crippen LogP contribution in [0.15, 0.2) is 23.0 Å². The Hall–Kier alpha value is -1.62. The summed E-state index contributed by atoms with van der Waals surface area (Å²) in [6, 6.07) is 0. The maximum Gasteiger partial charge on any atom is 0.306 e. The summed E-state index contributed by atoms with van der Waals surface area (Å²) in [5.74, 6) is 0.0932. The molecule has 3 aliphatic rings. The minimum Gasteiger partial charge on any atom is -0.491 e. The quantitative estimate of drug-likeness (QED) is 0.705. The molecular formula is C21H30O5. The van der Waals surface area contributed by atoms with Crippen LogP contribution in [0.5, 0.6) is 0 Å². The van der Waals surface area contributed by atoms with E-state index in [0.717, 1.165) is 25.0 Å². The van der Waals surface area contributed by atoms with E-state index in [9.17, 15) is 14.7 Å². The molecule has 0 aromatic rings. The maximum absolute atomic E-state index is 12.4. The normalized spacial score (nSPS) is 33.1. The van der Waals surface area contributed by atoms with Crippen LogP contribution in [0.2, 0.25) is 0 Å². The summed E-state index contributed by atoms with van der Waals surface area (Å²) in [6.07, 6.45) is 6.48. The first-order valence-electron chi connectivity index (χ1n) is 9.79. The molecule has 0 fully saturated rings. The van der Waals surface area contributed by atoms with Gasteiger partial charge >= 0.3 is 5.97 Å². The Labute approximate surface area is 155 Å². The van der Waals surface area contributed by atoms with Gasteiger partial charge in [0.05, 0.1) is 5.92 Å². The molecule has 2 N–H and O–H groups in total. The number of hydrogen-bond donors (Lipinski definition) is 2. The number of allylic oxidation sites excluding steroid dienone is 1. The van der Waals surface area contributed by atoms with E-state index in [2.05, 4.69) is 19.9 Å². The van der Waals surface area contributed by atoms with E-state index >= 15 is 0 Å². The standard InChI is InChI=1S/C21H30O5/c1-12(5-4-6-13(2)20(24)25)14-9-10-21(3)16(14)11-15-18(26-21)8-7-17(22)19(15)23/h9,12-13,16-17,22H,4-8,10-11H2,1-3H3,(H,24,25). The van der Waals surface area contributed by atoms with Gasteiger partial charge in [-0.05, 0) is 38.5 Å². The fourth-order valence-corrected chi connectivity index (χ4v) is 4.67. The number of ether oxygens (including phenoxy) is 1. The molecule has 5 nitrogen and oxygen atoms in total. The van der Waals surface area contributed by atoms with Crippen LogP contribution in [0.25, 0.3) is 0 Å².